The molecule has 1 N–H and O–H groups in total. The molecule has 2 aromatic rings. The normalized spacial score (nSPS) is 17.1. The highest BCUT2D eigenvalue weighted by molar-refractivity contribution is 7.09. The summed E-state index contributed by atoms with van der Waals surface area (Å²) in [5.74, 6) is 0.193. The molecule has 0 radical (unpaired) electrons. The van der Waals surface area contributed by atoms with Crippen LogP contribution in [0, 0.1) is 0 Å². The van der Waals surface area contributed by atoms with Crippen LogP contribution < -0.4 is 5.32 Å². The summed E-state index contributed by atoms with van der Waals surface area (Å²) >= 11 is 1.80. The maximum atomic E-state index is 12.4. The molecule has 1 fully saturated rings. The van der Waals surface area contributed by atoms with E-state index in [2.05, 4.69) is 39.8 Å². The molecule has 1 atom stereocenters. The first-order chi connectivity index (χ1) is 11.7. The second-order valence-electron chi connectivity index (χ2n) is 6.25. The Morgan fingerprint density at radius 2 is 2.17 bits per heavy atom. The standard InChI is InChI=1S/C17H25N5OS/c1-15(13-22-6-3-5-19-22)18-12-17(23)21-9-7-20(8-10-21)14-16-4-2-11-24-16/h2-6,11,15,18H,7-10,12-14H2,1H3. The summed E-state index contributed by atoms with van der Waals surface area (Å²) in [6.07, 6.45) is 3.71. The number of nitrogens with zero attached hydrogens (tertiary/aromatic N) is 4. The first-order valence-electron chi connectivity index (χ1n) is 8.44. The highest BCUT2D eigenvalue weighted by Crippen LogP contribution is 2.13. The second kappa shape index (κ2) is 8.41. The van der Waals surface area contributed by atoms with Gasteiger partial charge < -0.3 is 10.2 Å². The predicted molar refractivity (Wildman–Crippen MR) is 95.9 cm³/mol. The van der Waals surface area contributed by atoms with Crippen molar-refractivity contribution in [2.45, 2.75) is 26.1 Å². The third kappa shape index (κ3) is 4.90. The van der Waals surface area contributed by atoms with E-state index in [0.717, 1.165) is 39.3 Å². The Kier molecular flexibility index (Phi) is 6.01. The van der Waals surface area contributed by atoms with Crippen LogP contribution in [0.15, 0.2) is 36.0 Å². The van der Waals surface area contributed by atoms with Crippen LogP contribution in [0.2, 0.25) is 0 Å². The van der Waals surface area contributed by atoms with E-state index < -0.39 is 0 Å². The molecular weight excluding hydrogens is 322 g/mol. The van der Waals surface area contributed by atoms with Gasteiger partial charge in [-0.15, -0.1) is 11.3 Å². The van der Waals surface area contributed by atoms with Crippen molar-refractivity contribution in [1.29, 1.82) is 0 Å². The number of rotatable bonds is 7. The van der Waals surface area contributed by atoms with Crippen LogP contribution in [-0.4, -0.2) is 64.3 Å². The van der Waals surface area contributed by atoms with E-state index in [1.54, 1.807) is 17.5 Å². The molecule has 1 saturated heterocycles. The first kappa shape index (κ1) is 17.1. The van der Waals surface area contributed by atoms with Crippen molar-refractivity contribution in [2.75, 3.05) is 32.7 Å². The number of carbonyl (C=O) groups excluding carboxylic acids is 1. The van der Waals surface area contributed by atoms with Gasteiger partial charge in [0.15, 0.2) is 0 Å². The molecule has 1 unspecified atom stereocenters. The molecule has 0 bridgehead atoms. The molecule has 24 heavy (non-hydrogen) atoms. The zero-order valence-corrected chi connectivity index (χ0v) is 14.9. The van der Waals surface area contributed by atoms with Crippen LogP contribution in [0.4, 0.5) is 0 Å². The van der Waals surface area contributed by atoms with Gasteiger partial charge in [-0.3, -0.25) is 14.4 Å². The number of amides is 1. The van der Waals surface area contributed by atoms with Crippen molar-refractivity contribution in [3.8, 4) is 0 Å². The molecule has 3 heterocycles. The van der Waals surface area contributed by atoms with Crippen LogP contribution >= 0.6 is 11.3 Å². The molecule has 0 spiro atoms. The number of carbonyl (C=O) groups is 1. The zero-order valence-electron chi connectivity index (χ0n) is 14.1. The van der Waals surface area contributed by atoms with E-state index in [1.165, 1.54) is 4.88 Å². The lowest BCUT2D eigenvalue weighted by molar-refractivity contribution is -0.132. The Labute approximate surface area is 147 Å². The van der Waals surface area contributed by atoms with Crippen LogP contribution in [-0.2, 0) is 17.9 Å². The Bertz CT molecular complexity index is 605. The van der Waals surface area contributed by atoms with Gasteiger partial charge in [-0.05, 0) is 24.4 Å². The Hall–Kier alpha value is -1.70. The summed E-state index contributed by atoms with van der Waals surface area (Å²) in [4.78, 5) is 18.1. The van der Waals surface area contributed by atoms with Crippen LogP contribution in [0.1, 0.15) is 11.8 Å². The lowest BCUT2D eigenvalue weighted by Crippen LogP contribution is -2.51. The highest BCUT2D eigenvalue weighted by Gasteiger charge is 2.21. The minimum absolute atomic E-state index is 0.193. The summed E-state index contributed by atoms with van der Waals surface area (Å²) in [7, 11) is 0. The minimum Gasteiger partial charge on any atom is -0.339 e. The molecule has 0 aliphatic carbocycles. The fourth-order valence-electron chi connectivity index (χ4n) is 2.91. The SMILES string of the molecule is CC(Cn1cccn1)NCC(=O)N1CCN(Cc2cccs2)CC1. The van der Waals surface area contributed by atoms with E-state index in [4.69, 9.17) is 0 Å². The molecule has 2 aromatic heterocycles. The average Bonchev–Trinajstić information content (AvgIpc) is 3.27. The molecule has 1 aliphatic heterocycles. The van der Waals surface area contributed by atoms with Crippen LogP contribution in [0.25, 0.3) is 0 Å². The average molecular weight is 347 g/mol. The van der Waals surface area contributed by atoms with Crippen LogP contribution in [0.3, 0.4) is 0 Å². The molecule has 0 saturated carbocycles. The lowest BCUT2D eigenvalue weighted by Gasteiger charge is -2.34. The van der Waals surface area contributed by atoms with Gasteiger partial charge in [0.05, 0.1) is 13.1 Å². The molecule has 0 aromatic carbocycles. The summed E-state index contributed by atoms with van der Waals surface area (Å²) in [6, 6.07) is 6.39. The molecule has 7 heteroatoms. The van der Waals surface area contributed by atoms with Crippen molar-refractivity contribution in [3.05, 3.63) is 40.8 Å². The smallest absolute Gasteiger partial charge is 0.236 e. The zero-order chi connectivity index (χ0) is 16.8. The molecule has 3 rings (SSSR count). The summed E-state index contributed by atoms with van der Waals surface area (Å²) in [6.45, 7) is 7.78. The van der Waals surface area contributed by atoms with Gasteiger partial charge in [-0.1, -0.05) is 6.07 Å². The maximum Gasteiger partial charge on any atom is 0.236 e. The van der Waals surface area contributed by atoms with Gasteiger partial charge in [0.2, 0.25) is 5.91 Å². The van der Waals surface area contributed by atoms with E-state index in [-0.39, 0.29) is 11.9 Å². The van der Waals surface area contributed by atoms with Crippen molar-refractivity contribution < 1.29 is 4.79 Å². The number of thiophene rings is 1. The van der Waals surface area contributed by atoms with Crippen LogP contribution in [0.5, 0.6) is 0 Å². The topological polar surface area (TPSA) is 53.4 Å². The van der Waals surface area contributed by atoms with E-state index in [9.17, 15) is 4.79 Å². The summed E-state index contributed by atoms with van der Waals surface area (Å²) in [5, 5.41) is 9.61. The minimum atomic E-state index is 0.193. The molecule has 1 aliphatic rings. The van der Waals surface area contributed by atoms with Gasteiger partial charge in [-0.25, -0.2) is 0 Å². The molecular formula is C17H25N5OS. The Balaban J connectivity index is 1.35. The lowest BCUT2D eigenvalue weighted by atomic mass is 10.3. The molecule has 1 amide bonds. The van der Waals surface area contributed by atoms with Crippen molar-refractivity contribution in [2.24, 2.45) is 0 Å². The highest BCUT2D eigenvalue weighted by atomic mass is 32.1. The van der Waals surface area contributed by atoms with Crippen molar-refractivity contribution >= 4 is 17.2 Å². The van der Waals surface area contributed by atoms with Gasteiger partial charge in [0.1, 0.15) is 0 Å². The second-order valence-corrected chi connectivity index (χ2v) is 7.28. The van der Waals surface area contributed by atoms with Crippen molar-refractivity contribution in [1.82, 2.24) is 24.9 Å². The van der Waals surface area contributed by atoms with Gasteiger partial charge >= 0.3 is 0 Å². The van der Waals surface area contributed by atoms with E-state index in [1.807, 2.05) is 21.8 Å². The summed E-state index contributed by atoms with van der Waals surface area (Å²) in [5.41, 5.74) is 0. The predicted octanol–water partition coefficient (Wildman–Crippen LogP) is 1.27. The van der Waals surface area contributed by atoms with Gasteiger partial charge in [0, 0.05) is 56.0 Å². The van der Waals surface area contributed by atoms with E-state index >= 15 is 0 Å². The monoisotopic (exact) mass is 347 g/mol. The molecule has 6 nitrogen and oxygen atoms in total. The van der Waals surface area contributed by atoms with Crippen molar-refractivity contribution in [3.63, 3.8) is 0 Å². The largest absolute Gasteiger partial charge is 0.339 e. The number of nitrogens with one attached hydrogen (secondary N) is 1. The number of hydrogen-bond donors (Lipinski definition) is 1. The first-order valence-corrected chi connectivity index (χ1v) is 9.32. The van der Waals surface area contributed by atoms with E-state index in [0.29, 0.717) is 6.54 Å². The Morgan fingerprint density at radius 3 is 2.83 bits per heavy atom. The summed E-state index contributed by atoms with van der Waals surface area (Å²) < 4.78 is 1.88. The number of aromatic nitrogens is 2. The fraction of sp³-hybridized carbons (Fsp3) is 0.529. The number of piperazine rings is 1. The third-order valence-corrected chi connectivity index (χ3v) is 5.17. The quantitative estimate of drug-likeness (QED) is 0.819. The Morgan fingerprint density at radius 1 is 1.33 bits per heavy atom. The molecule has 130 valence electrons. The van der Waals surface area contributed by atoms with Gasteiger partial charge in [0.25, 0.3) is 0 Å². The fourth-order valence-corrected chi connectivity index (χ4v) is 3.65. The van der Waals surface area contributed by atoms with Gasteiger partial charge in [-0.2, -0.15) is 5.10 Å². The maximum absolute atomic E-state index is 12.4. The third-order valence-electron chi connectivity index (χ3n) is 4.31. The number of hydrogen-bond acceptors (Lipinski definition) is 5.